The maximum absolute atomic E-state index is 14.0. The van der Waals surface area contributed by atoms with Gasteiger partial charge in [0, 0.05) is 39.3 Å². The van der Waals surface area contributed by atoms with E-state index in [1.807, 2.05) is 17.9 Å². The molecule has 1 unspecified atom stereocenters. The summed E-state index contributed by atoms with van der Waals surface area (Å²) in [6.45, 7) is 7.35. The molecule has 0 spiro atoms. The Hall–Kier alpha value is -2.77. The lowest BCUT2D eigenvalue weighted by atomic mass is 10.0. The summed E-state index contributed by atoms with van der Waals surface area (Å²) in [5.41, 5.74) is 1.53. The fourth-order valence-corrected chi connectivity index (χ4v) is 3.73. The SMILES string of the molecule is COCCN1CCN(C(=O)c2cccc(C)c2NC(=O)c2ccccc2F)CC1C. The Morgan fingerprint density at radius 3 is 2.57 bits per heavy atom. The minimum Gasteiger partial charge on any atom is -0.383 e. The second-order valence-corrected chi connectivity index (χ2v) is 7.56. The first-order valence-corrected chi connectivity index (χ1v) is 10.1. The molecule has 3 rings (SSSR count). The average molecular weight is 413 g/mol. The third kappa shape index (κ3) is 4.86. The van der Waals surface area contributed by atoms with E-state index in [0.717, 1.165) is 18.7 Å². The highest BCUT2D eigenvalue weighted by Crippen LogP contribution is 2.24. The molecule has 1 fully saturated rings. The summed E-state index contributed by atoms with van der Waals surface area (Å²) in [5, 5.41) is 2.75. The summed E-state index contributed by atoms with van der Waals surface area (Å²) in [4.78, 5) is 30.0. The highest BCUT2D eigenvalue weighted by Gasteiger charge is 2.29. The summed E-state index contributed by atoms with van der Waals surface area (Å²) in [6.07, 6.45) is 0. The molecule has 0 aromatic heterocycles. The Kier molecular flexibility index (Phi) is 7.18. The van der Waals surface area contributed by atoms with Crippen LogP contribution in [0.1, 0.15) is 33.2 Å². The van der Waals surface area contributed by atoms with Gasteiger partial charge >= 0.3 is 0 Å². The maximum atomic E-state index is 14.0. The van der Waals surface area contributed by atoms with E-state index in [-0.39, 0.29) is 17.5 Å². The van der Waals surface area contributed by atoms with Gasteiger partial charge in [0.05, 0.1) is 23.4 Å². The number of hydrogen-bond donors (Lipinski definition) is 1. The zero-order valence-corrected chi connectivity index (χ0v) is 17.7. The Balaban J connectivity index is 1.79. The third-order valence-electron chi connectivity index (χ3n) is 5.50. The number of piperazine rings is 1. The van der Waals surface area contributed by atoms with Gasteiger partial charge in [-0.15, -0.1) is 0 Å². The van der Waals surface area contributed by atoms with Crippen molar-refractivity contribution in [2.75, 3.05) is 45.2 Å². The minimum atomic E-state index is -0.600. The summed E-state index contributed by atoms with van der Waals surface area (Å²) >= 11 is 0. The van der Waals surface area contributed by atoms with Gasteiger partial charge in [-0.05, 0) is 37.6 Å². The zero-order chi connectivity index (χ0) is 21.7. The second-order valence-electron chi connectivity index (χ2n) is 7.56. The molecule has 1 aliphatic heterocycles. The fraction of sp³-hybridized carbons (Fsp3) is 0.391. The smallest absolute Gasteiger partial charge is 0.258 e. The lowest BCUT2D eigenvalue weighted by Gasteiger charge is -2.40. The van der Waals surface area contributed by atoms with Crippen molar-refractivity contribution in [3.8, 4) is 0 Å². The van der Waals surface area contributed by atoms with E-state index >= 15 is 0 Å². The molecule has 7 heteroatoms. The molecule has 0 radical (unpaired) electrons. The number of nitrogens with zero attached hydrogens (tertiary/aromatic N) is 2. The minimum absolute atomic E-state index is 0.0560. The molecule has 2 amide bonds. The first-order chi connectivity index (χ1) is 14.4. The van der Waals surface area contributed by atoms with Crippen LogP contribution in [0.2, 0.25) is 0 Å². The van der Waals surface area contributed by atoms with Crippen LogP contribution in [0.15, 0.2) is 42.5 Å². The van der Waals surface area contributed by atoms with Gasteiger partial charge < -0.3 is 15.0 Å². The Bertz CT molecular complexity index is 918. The topological polar surface area (TPSA) is 61.9 Å². The normalized spacial score (nSPS) is 17.1. The molecule has 30 heavy (non-hydrogen) atoms. The highest BCUT2D eigenvalue weighted by atomic mass is 19.1. The number of methoxy groups -OCH3 is 1. The molecular formula is C23H28FN3O3. The summed E-state index contributed by atoms with van der Waals surface area (Å²) in [7, 11) is 1.68. The molecule has 1 heterocycles. The van der Waals surface area contributed by atoms with E-state index < -0.39 is 11.7 Å². The van der Waals surface area contributed by atoms with Crippen molar-refractivity contribution < 1.29 is 18.7 Å². The Labute approximate surface area is 176 Å². The van der Waals surface area contributed by atoms with Gasteiger partial charge in [-0.3, -0.25) is 14.5 Å². The van der Waals surface area contributed by atoms with Crippen LogP contribution in [0.4, 0.5) is 10.1 Å². The average Bonchev–Trinajstić information content (AvgIpc) is 2.74. The molecule has 1 atom stereocenters. The number of rotatable bonds is 6. The predicted molar refractivity (Wildman–Crippen MR) is 114 cm³/mol. The molecule has 6 nitrogen and oxygen atoms in total. The van der Waals surface area contributed by atoms with E-state index in [2.05, 4.69) is 17.1 Å². The van der Waals surface area contributed by atoms with E-state index in [9.17, 15) is 14.0 Å². The van der Waals surface area contributed by atoms with E-state index in [4.69, 9.17) is 4.74 Å². The van der Waals surface area contributed by atoms with Crippen molar-refractivity contribution in [2.45, 2.75) is 19.9 Å². The second kappa shape index (κ2) is 9.82. The van der Waals surface area contributed by atoms with E-state index in [0.29, 0.717) is 30.9 Å². The van der Waals surface area contributed by atoms with Crippen LogP contribution >= 0.6 is 0 Å². The largest absolute Gasteiger partial charge is 0.383 e. The van der Waals surface area contributed by atoms with E-state index in [1.54, 1.807) is 25.3 Å². The van der Waals surface area contributed by atoms with Crippen LogP contribution in [0.3, 0.4) is 0 Å². The highest BCUT2D eigenvalue weighted by molar-refractivity contribution is 6.09. The molecule has 0 saturated carbocycles. The molecule has 0 aliphatic carbocycles. The van der Waals surface area contributed by atoms with Gasteiger partial charge in [0.15, 0.2) is 0 Å². The van der Waals surface area contributed by atoms with Gasteiger partial charge in [-0.1, -0.05) is 24.3 Å². The van der Waals surface area contributed by atoms with Crippen molar-refractivity contribution >= 4 is 17.5 Å². The molecule has 2 aromatic carbocycles. The van der Waals surface area contributed by atoms with Gasteiger partial charge in [-0.25, -0.2) is 4.39 Å². The number of anilines is 1. The number of nitrogens with one attached hydrogen (secondary N) is 1. The maximum Gasteiger partial charge on any atom is 0.258 e. The molecular weight excluding hydrogens is 385 g/mol. The third-order valence-corrected chi connectivity index (χ3v) is 5.50. The van der Waals surface area contributed by atoms with Crippen LogP contribution in [-0.2, 0) is 4.74 Å². The van der Waals surface area contributed by atoms with E-state index in [1.165, 1.54) is 18.2 Å². The number of aryl methyl sites for hydroxylation is 1. The monoisotopic (exact) mass is 413 g/mol. The molecule has 1 N–H and O–H groups in total. The summed E-state index contributed by atoms with van der Waals surface area (Å²) in [6, 6.07) is 11.3. The standard InChI is InChI=1S/C23H28FN3O3/c1-16-7-6-9-19(21(16)25-22(28)18-8-4-5-10-20(18)24)23(29)27-12-11-26(13-14-30-3)17(2)15-27/h4-10,17H,11-15H2,1-3H3,(H,25,28). The van der Waals surface area contributed by atoms with Crippen LogP contribution in [0.5, 0.6) is 0 Å². The van der Waals surface area contributed by atoms with Crippen molar-refractivity contribution in [2.24, 2.45) is 0 Å². The van der Waals surface area contributed by atoms with Crippen LogP contribution in [-0.4, -0.2) is 67.6 Å². The van der Waals surface area contributed by atoms with Crippen molar-refractivity contribution in [3.05, 3.63) is 65.0 Å². The summed E-state index contributed by atoms with van der Waals surface area (Å²) in [5.74, 6) is -1.31. The molecule has 160 valence electrons. The van der Waals surface area contributed by atoms with Gasteiger partial charge in [0.2, 0.25) is 0 Å². The molecule has 1 saturated heterocycles. The molecule has 1 aliphatic rings. The fourth-order valence-electron chi connectivity index (χ4n) is 3.73. The first-order valence-electron chi connectivity index (χ1n) is 10.1. The number of hydrogen-bond acceptors (Lipinski definition) is 4. The quantitative estimate of drug-likeness (QED) is 0.790. The zero-order valence-electron chi connectivity index (χ0n) is 17.7. The number of halogens is 1. The number of carbonyl (C=O) groups is 2. The van der Waals surface area contributed by atoms with Crippen molar-refractivity contribution in [3.63, 3.8) is 0 Å². The summed E-state index contributed by atoms with van der Waals surface area (Å²) < 4.78 is 19.2. The number of para-hydroxylation sites is 1. The van der Waals surface area contributed by atoms with Gasteiger partial charge in [0.1, 0.15) is 5.82 Å². The lowest BCUT2D eigenvalue weighted by Crippen LogP contribution is -2.54. The Morgan fingerprint density at radius 2 is 1.87 bits per heavy atom. The first kappa shape index (κ1) is 21.9. The van der Waals surface area contributed by atoms with Crippen molar-refractivity contribution in [1.29, 1.82) is 0 Å². The number of ether oxygens (including phenoxy) is 1. The Morgan fingerprint density at radius 1 is 1.13 bits per heavy atom. The predicted octanol–water partition coefficient (Wildman–Crippen LogP) is 3.18. The molecule has 0 bridgehead atoms. The van der Waals surface area contributed by atoms with Crippen LogP contribution in [0.25, 0.3) is 0 Å². The molecule has 2 aromatic rings. The van der Waals surface area contributed by atoms with Crippen molar-refractivity contribution in [1.82, 2.24) is 9.80 Å². The lowest BCUT2D eigenvalue weighted by molar-refractivity contribution is 0.0435. The number of carbonyl (C=O) groups excluding carboxylic acids is 2. The van der Waals surface area contributed by atoms with Crippen LogP contribution in [0, 0.1) is 12.7 Å². The van der Waals surface area contributed by atoms with Crippen LogP contribution < -0.4 is 5.32 Å². The number of benzene rings is 2. The van der Waals surface area contributed by atoms with Gasteiger partial charge in [0.25, 0.3) is 11.8 Å². The number of amides is 2. The van der Waals surface area contributed by atoms with Gasteiger partial charge in [-0.2, -0.15) is 0 Å².